The zero-order chi connectivity index (χ0) is 24.2. The second kappa shape index (κ2) is 9.76. The maximum Gasteiger partial charge on any atom is 0.336 e. The first-order valence-electron chi connectivity index (χ1n) is 10.3. The molecule has 1 amide bonds. The molecule has 0 bridgehead atoms. The van der Waals surface area contributed by atoms with E-state index < -0.39 is 11.6 Å². The van der Waals surface area contributed by atoms with Crippen LogP contribution in [-0.2, 0) is 20.9 Å². The molecule has 4 rings (SSSR count). The number of esters is 1. The van der Waals surface area contributed by atoms with Crippen LogP contribution in [0.25, 0.3) is 22.7 Å². The highest BCUT2D eigenvalue weighted by atomic mass is 35.5. The van der Waals surface area contributed by atoms with Crippen molar-refractivity contribution in [2.45, 2.75) is 20.5 Å². The van der Waals surface area contributed by atoms with Crippen molar-refractivity contribution in [2.24, 2.45) is 0 Å². The number of aromatic nitrogens is 2. The van der Waals surface area contributed by atoms with Crippen molar-refractivity contribution in [2.75, 3.05) is 5.32 Å². The van der Waals surface area contributed by atoms with Crippen LogP contribution in [0.2, 0.25) is 5.15 Å². The van der Waals surface area contributed by atoms with Gasteiger partial charge in [0.25, 0.3) is 0 Å². The van der Waals surface area contributed by atoms with Gasteiger partial charge >= 0.3 is 11.6 Å². The van der Waals surface area contributed by atoms with Crippen LogP contribution in [0, 0.1) is 6.92 Å². The minimum atomic E-state index is -0.612. The molecule has 4 aromatic rings. The van der Waals surface area contributed by atoms with E-state index in [2.05, 4.69) is 10.4 Å². The normalized spacial score (nSPS) is 11.1. The number of carbonyl (C=O) groups is 2. The van der Waals surface area contributed by atoms with Crippen LogP contribution < -0.4 is 10.9 Å². The maximum absolute atomic E-state index is 12.4. The van der Waals surface area contributed by atoms with Gasteiger partial charge in [0.15, 0.2) is 0 Å². The van der Waals surface area contributed by atoms with Crippen LogP contribution in [0.4, 0.5) is 5.69 Å². The quantitative estimate of drug-likeness (QED) is 0.246. The molecular formula is C25H20ClN3O5. The number of hydrogen-bond acceptors (Lipinski definition) is 6. The number of nitrogens with one attached hydrogen (secondary N) is 1. The smallest absolute Gasteiger partial charge is 0.336 e. The largest absolute Gasteiger partial charge is 0.458 e. The minimum Gasteiger partial charge on any atom is -0.458 e. The molecule has 2 aromatic carbocycles. The number of anilines is 1. The van der Waals surface area contributed by atoms with Gasteiger partial charge in [0, 0.05) is 47.3 Å². The van der Waals surface area contributed by atoms with Crippen LogP contribution in [0.1, 0.15) is 23.7 Å². The molecule has 0 radical (unpaired) electrons. The van der Waals surface area contributed by atoms with Gasteiger partial charge in [-0.2, -0.15) is 5.10 Å². The molecule has 0 spiro atoms. The van der Waals surface area contributed by atoms with Gasteiger partial charge in [0.1, 0.15) is 17.3 Å². The molecular weight excluding hydrogens is 458 g/mol. The van der Waals surface area contributed by atoms with E-state index in [9.17, 15) is 14.4 Å². The van der Waals surface area contributed by atoms with Crippen LogP contribution in [-0.4, -0.2) is 21.7 Å². The van der Waals surface area contributed by atoms with Crippen molar-refractivity contribution in [3.8, 4) is 5.69 Å². The molecule has 0 aliphatic rings. The van der Waals surface area contributed by atoms with Gasteiger partial charge in [-0.15, -0.1) is 0 Å². The minimum absolute atomic E-state index is 0.138. The molecule has 0 fully saturated rings. The van der Waals surface area contributed by atoms with Gasteiger partial charge in [0.2, 0.25) is 5.91 Å². The number of nitrogens with zero attached hydrogens (tertiary/aromatic N) is 2. The number of benzene rings is 2. The van der Waals surface area contributed by atoms with E-state index in [0.717, 1.165) is 5.69 Å². The number of carbonyl (C=O) groups excluding carboxylic acids is 2. The second-order valence-electron chi connectivity index (χ2n) is 7.46. The number of halogens is 1. The van der Waals surface area contributed by atoms with Gasteiger partial charge in [-0.1, -0.05) is 29.8 Å². The highest BCUT2D eigenvalue weighted by molar-refractivity contribution is 6.31. The Kier molecular flexibility index (Phi) is 6.60. The molecule has 0 saturated heterocycles. The Labute approximate surface area is 199 Å². The number of aryl methyl sites for hydroxylation is 1. The van der Waals surface area contributed by atoms with E-state index in [4.69, 9.17) is 20.8 Å². The number of rotatable bonds is 6. The van der Waals surface area contributed by atoms with Crippen LogP contribution in [0.3, 0.4) is 0 Å². The van der Waals surface area contributed by atoms with E-state index >= 15 is 0 Å². The Balaban J connectivity index is 1.50. The summed E-state index contributed by atoms with van der Waals surface area (Å²) in [6.45, 7) is 3.03. The van der Waals surface area contributed by atoms with E-state index in [0.29, 0.717) is 33.0 Å². The lowest BCUT2D eigenvalue weighted by molar-refractivity contribution is -0.138. The predicted molar refractivity (Wildman–Crippen MR) is 129 cm³/mol. The average Bonchev–Trinajstić information content (AvgIpc) is 3.09. The average molecular weight is 478 g/mol. The standard InChI is InChI=1S/C25H20ClN3O5/c1-15-20(25(26)29(28-15)19-6-4-3-5-7-19)10-11-23(31)33-14-17-12-24(32)34-22-13-18(27-16(2)30)8-9-21(17)22/h3-13H,14H2,1-2H3,(H,27,30)/b11-10+. The van der Waals surface area contributed by atoms with Crippen molar-refractivity contribution in [1.82, 2.24) is 9.78 Å². The molecule has 0 atom stereocenters. The van der Waals surface area contributed by atoms with Crippen molar-refractivity contribution in [1.29, 1.82) is 0 Å². The van der Waals surface area contributed by atoms with Gasteiger partial charge in [-0.3, -0.25) is 4.79 Å². The van der Waals surface area contributed by atoms with Gasteiger partial charge in [0.05, 0.1) is 11.4 Å². The van der Waals surface area contributed by atoms with Crippen LogP contribution in [0.15, 0.2) is 69.9 Å². The Hall–Kier alpha value is -4.17. The SMILES string of the molecule is CC(=O)Nc1ccc2c(COC(=O)/C=C/c3c(C)nn(-c4ccccc4)c3Cl)cc(=O)oc2c1. The van der Waals surface area contributed by atoms with E-state index in [1.165, 1.54) is 19.1 Å². The molecule has 34 heavy (non-hydrogen) atoms. The lowest BCUT2D eigenvalue weighted by Gasteiger charge is -2.08. The summed E-state index contributed by atoms with van der Waals surface area (Å²) in [6, 6.07) is 15.6. The third-order valence-electron chi connectivity index (χ3n) is 4.96. The third kappa shape index (κ3) is 5.07. The third-order valence-corrected chi connectivity index (χ3v) is 5.32. The first-order chi connectivity index (χ1) is 16.3. The van der Waals surface area contributed by atoms with Crippen molar-refractivity contribution < 1.29 is 18.7 Å². The summed E-state index contributed by atoms with van der Waals surface area (Å²) in [7, 11) is 0. The zero-order valence-electron chi connectivity index (χ0n) is 18.4. The predicted octanol–water partition coefficient (Wildman–Crippen LogP) is 4.66. The lowest BCUT2D eigenvalue weighted by Crippen LogP contribution is -2.07. The summed E-state index contributed by atoms with van der Waals surface area (Å²) < 4.78 is 12.1. The molecule has 2 aromatic heterocycles. The second-order valence-corrected chi connectivity index (χ2v) is 7.82. The monoisotopic (exact) mass is 477 g/mol. The molecule has 172 valence electrons. The first kappa shape index (κ1) is 23.0. The van der Waals surface area contributed by atoms with E-state index in [1.54, 1.807) is 35.9 Å². The summed E-state index contributed by atoms with van der Waals surface area (Å²) in [5.41, 5.74) is 2.70. The van der Waals surface area contributed by atoms with Crippen molar-refractivity contribution in [3.05, 3.63) is 93.1 Å². The summed E-state index contributed by atoms with van der Waals surface area (Å²) >= 11 is 6.47. The molecule has 1 N–H and O–H groups in total. The molecule has 8 nitrogen and oxygen atoms in total. The number of hydrogen-bond donors (Lipinski definition) is 1. The fourth-order valence-electron chi connectivity index (χ4n) is 3.42. The maximum atomic E-state index is 12.4. The van der Waals surface area contributed by atoms with Gasteiger partial charge in [-0.25, -0.2) is 14.3 Å². The summed E-state index contributed by atoms with van der Waals surface area (Å²) in [5, 5.41) is 8.02. The van der Waals surface area contributed by atoms with Crippen molar-refractivity contribution >= 4 is 46.2 Å². The topological polar surface area (TPSA) is 103 Å². The number of amides is 1. The van der Waals surface area contributed by atoms with Gasteiger partial charge in [-0.05, 0) is 37.3 Å². The number of ether oxygens (including phenoxy) is 1. The fourth-order valence-corrected chi connectivity index (χ4v) is 3.75. The van der Waals surface area contributed by atoms with E-state index in [1.807, 2.05) is 30.3 Å². The molecule has 0 aliphatic heterocycles. The Bertz CT molecular complexity index is 1470. The molecule has 9 heteroatoms. The molecule has 0 unspecified atom stereocenters. The molecule has 0 aliphatic carbocycles. The van der Waals surface area contributed by atoms with Crippen LogP contribution >= 0.6 is 11.6 Å². The van der Waals surface area contributed by atoms with Crippen molar-refractivity contribution in [3.63, 3.8) is 0 Å². The fraction of sp³-hybridized carbons (Fsp3) is 0.120. The lowest BCUT2D eigenvalue weighted by atomic mass is 10.1. The summed E-state index contributed by atoms with van der Waals surface area (Å²) in [6.07, 6.45) is 2.80. The highest BCUT2D eigenvalue weighted by Crippen LogP contribution is 2.25. The Morgan fingerprint density at radius 3 is 2.68 bits per heavy atom. The summed E-state index contributed by atoms with van der Waals surface area (Å²) in [4.78, 5) is 35.6. The Morgan fingerprint density at radius 1 is 1.18 bits per heavy atom. The first-order valence-corrected chi connectivity index (χ1v) is 10.7. The molecule has 2 heterocycles. The van der Waals surface area contributed by atoms with E-state index in [-0.39, 0.29) is 18.1 Å². The number of para-hydroxylation sites is 1. The Morgan fingerprint density at radius 2 is 1.94 bits per heavy atom. The highest BCUT2D eigenvalue weighted by Gasteiger charge is 2.13. The zero-order valence-corrected chi connectivity index (χ0v) is 19.1. The van der Waals surface area contributed by atoms with Gasteiger partial charge < -0.3 is 14.5 Å². The number of fused-ring (bicyclic) bond motifs is 1. The van der Waals surface area contributed by atoms with Crippen LogP contribution in [0.5, 0.6) is 0 Å². The molecule has 0 saturated carbocycles. The summed E-state index contributed by atoms with van der Waals surface area (Å²) in [5.74, 6) is -0.859.